The molecule has 5 heteroatoms. The molecule has 57 heavy (non-hydrogen) atoms. The summed E-state index contributed by atoms with van der Waals surface area (Å²) in [5.41, 5.74) is 12.1. The third-order valence-corrected chi connectivity index (χ3v) is 11.1. The molecule has 0 fully saturated rings. The molecule has 0 aliphatic heterocycles. The maximum Gasteiger partial charge on any atom is 0.151 e. The lowest BCUT2D eigenvalue weighted by atomic mass is 9.94. The Morgan fingerprint density at radius 3 is 1.70 bits per heavy atom. The first-order valence-corrected chi connectivity index (χ1v) is 19.5. The molecule has 8 aromatic carbocycles. The molecule has 0 spiro atoms. The Hall–Kier alpha value is -7.21. The third kappa shape index (κ3) is 7.70. The SMILES string of the molecule is C=NC(=N)c1ccccc1.Cc1ccc(-c2ccccc2)cc1.N=Cc1cccc2oc3ccc(-c4cccc5sc6cccc(-c7ccccc7)c6c45)cc3c12. The van der Waals surface area contributed by atoms with Crippen molar-refractivity contribution >= 4 is 72.2 Å². The summed E-state index contributed by atoms with van der Waals surface area (Å²) in [4.78, 5) is 3.49. The van der Waals surface area contributed by atoms with Crippen LogP contribution in [0.15, 0.2) is 197 Å². The van der Waals surface area contributed by atoms with Crippen molar-refractivity contribution in [1.82, 2.24) is 0 Å². The number of hydrogen-bond acceptors (Lipinski definition) is 4. The number of nitrogens with one attached hydrogen (secondary N) is 2. The van der Waals surface area contributed by atoms with Crippen LogP contribution in [0.1, 0.15) is 16.7 Å². The highest BCUT2D eigenvalue weighted by atomic mass is 32.1. The second-order valence-corrected chi connectivity index (χ2v) is 14.7. The number of amidine groups is 1. The number of furan rings is 1. The standard InChI is InChI=1S/C31H19NOS.C13H12.C8H8N2/c32-18-21-9-4-12-26-29(21)24-17-20(15-16-25(24)33-26)23-11-6-14-28-31(23)30-22(10-5-13-27(30)34-28)19-7-2-1-3-8-19;1-11-7-9-13(10-8-11)12-5-3-2-4-6-12;1-10-8(9)7-5-3-2-4-6-7/h1-18,32H;2-10H,1H3;2-6,9H,1H2. The van der Waals surface area contributed by atoms with E-state index in [1.165, 1.54) is 59.8 Å². The van der Waals surface area contributed by atoms with Crippen LogP contribution < -0.4 is 0 Å². The molecule has 0 bridgehead atoms. The molecule has 0 atom stereocenters. The van der Waals surface area contributed by atoms with Gasteiger partial charge in [0.2, 0.25) is 0 Å². The summed E-state index contributed by atoms with van der Waals surface area (Å²) in [6.07, 6.45) is 1.41. The number of benzene rings is 8. The molecule has 2 heterocycles. The summed E-state index contributed by atoms with van der Waals surface area (Å²) in [5, 5.41) is 19.8. The lowest BCUT2D eigenvalue weighted by Crippen LogP contribution is -1.91. The second-order valence-electron chi connectivity index (χ2n) is 13.6. The van der Waals surface area contributed by atoms with Gasteiger partial charge in [-0.3, -0.25) is 5.41 Å². The van der Waals surface area contributed by atoms with E-state index in [1.54, 1.807) is 0 Å². The van der Waals surface area contributed by atoms with Crippen molar-refractivity contribution in [2.24, 2.45) is 4.99 Å². The van der Waals surface area contributed by atoms with Gasteiger partial charge < -0.3 is 9.83 Å². The molecule has 274 valence electrons. The summed E-state index contributed by atoms with van der Waals surface area (Å²) in [6.45, 7) is 5.37. The summed E-state index contributed by atoms with van der Waals surface area (Å²) in [5.74, 6) is 0.223. The Kier molecular flexibility index (Phi) is 10.7. The van der Waals surface area contributed by atoms with Gasteiger partial charge in [0.25, 0.3) is 0 Å². The molecular formula is C52H39N3OS. The number of aryl methyl sites for hydroxylation is 1. The van der Waals surface area contributed by atoms with Gasteiger partial charge in [-0.1, -0.05) is 163 Å². The monoisotopic (exact) mass is 753 g/mol. The quantitative estimate of drug-likeness (QED) is 0.133. The first-order chi connectivity index (χ1) is 28.0. The Morgan fingerprint density at radius 1 is 0.544 bits per heavy atom. The minimum Gasteiger partial charge on any atom is -0.456 e. The van der Waals surface area contributed by atoms with Gasteiger partial charge in [0.1, 0.15) is 11.2 Å². The molecule has 10 rings (SSSR count). The number of hydrogen-bond donors (Lipinski definition) is 2. The lowest BCUT2D eigenvalue weighted by molar-refractivity contribution is 0.669. The minimum atomic E-state index is 0.223. The van der Waals surface area contributed by atoms with E-state index in [0.29, 0.717) is 0 Å². The Labute approximate surface area is 336 Å². The van der Waals surface area contributed by atoms with Gasteiger partial charge in [-0.25, -0.2) is 4.99 Å². The second kappa shape index (κ2) is 16.7. The first kappa shape index (κ1) is 36.8. The largest absolute Gasteiger partial charge is 0.456 e. The van der Waals surface area contributed by atoms with Crippen LogP contribution in [0.3, 0.4) is 0 Å². The molecule has 0 amide bonds. The van der Waals surface area contributed by atoms with Crippen molar-refractivity contribution in [2.75, 3.05) is 0 Å². The van der Waals surface area contributed by atoms with Crippen molar-refractivity contribution in [2.45, 2.75) is 6.92 Å². The van der Waals surface area contributed by atoms with E-state index in [4.69, 9.17) is 15.2 Å². The maximum absolute atomic E-state index is 7.87. The summed E-state index contributed by atoms with van der Waals surface area (Å²) < 4.78 is 8.69. The van der Waals surface area contributed by atoms with E-state index in [9.17, 15) is 0 Å². The zero-order valence-electron chi connectivity index (χ0n) is 31.4. The van der Waals surface area contributed by atoms with Gasteiger partial charge in [-0.05, 0) is 77.4 Å². The zero-order valence-corrected chi connectivity index (χ0v) is 32.3. The van der Waals surface area contributed by atoms with Crippen LogP contribution in [0.2, 0.25) is 0 Å². The first-order valence-electron chi connectivity index (χ1n) is 18.7. The number of rotatable bonds is 5. The summed E-state index contributed by atoms with van der Waals surface area (Å²) >= 11 is 1.84. The van der Waals surface area contributed by atoms with Crippen LogP contribution in [-0.2, 0) is 0 Å². The van der Waals surface area contributed by atoms with Crippen molar-refractivity contribution in [1.29, 1.82) is 10.8 Å². The molecule has 0 saturated heterocycles. The molecule has 0 aliphatic carbocycles. The van der Waals surface area contributed by atoms with Crippen molar-refractivity contribution in [3.63, 3.8) is 0 Å². The molecule has 2 N–H and O–H groups in total. The van der Waals surface area contributed by atoms with E-state index >= 15 is 0 Å². The zero-order chi connectivity index (χ0) is 39.1. The average molecular weight is 754 g/mol. The summed E-state index contributed by atoms with van der Waals surface area (Å²) in [6, 6.07) is 64.5. The Bertz CT molecular complexity index is 3000. The Morgan fingerprint density at radius 2 is 1.09 bits per heavy atom. The van der Waals surface area contributed by atoms with Gasteiger partial charge in [-0.2, -0.15) is 0 Å². The smallest absolute Gasteiger partial charge is 0.151 e. The highest BCUT2D eigenvalue weighted by Gasteiger charge is 2.17. The highest BCUT2D eigenvalue weighted by molar-refractivity contribution is 7.26. The fraction of sp³-hybridized carbons (Fsp3) is 0.0192. The van der Waals surface area contributed by atoms with Crippen LogP contribution in [0.5, 0.6) is 0 Å². The molecule has 4 nitrogen and oxygen atoms in total. The van der Waals surface area contributed by atoms with Crippen LogP contribution >= 0.6 is 11.3 Å². The van der Waals surface area contributed by atoms with Crippen molar-refractivity contribution in [3.8, 4) is 33.4 Å². The van der Waals surface area contributed by atoms with Crippen molar-refractivity contribution < 1.29 is 4.42 Å². The fourth-order valence-corrected chi connectivity index (χ4v) is 8.33. The van der Waals surface area contributed by atoms with E-state index in [1.807, 2.05) is 65.9 Å². The molecule has 10 aromatic rings. The molecule has 0 radical (unpaired) electrons. The van der Waals surface area contributed by atoms with Gasteiger partial charge in [0, 0.05) is 48.3 Å². The van der Waals surface area contributed by atoms with Crippen molar-refractivity contribution in [3.05, 3.63) is 205 Å². The summed E-state index contributed by atoms with van der Waals surface area (Å²) in [7, 11) is 0. The molecule has 2 aromatic heterocycles. The van der Waals surface area contributed by atoms with Crippen LogP contribution in [-0.4, -0.2) is 18.8 Å². The normalized spacial score (nSPS) is 10.8. The highest BCUT2D eigenvalue weighted by Crippen LogP contribution is 2.45. The fourth-order valence-electron chi connectivity index (χ4n) is 7.17. The number of nitrogens with zero attached hydrogens (tertiary/aromatic N) is 1. The van der Waals surface area contributed by atoms with Gasteiger partial charge >= 0.3 is 0 Å². The van der Waals surface area contributed by atoms with Gasteiger partial charge in [-0.15, -0.1) is 11.3 Å². The molecular weight excluding hydrogens is 715 g/mol. The minimum absolute atomic E-state index is 0.223. The third-order valence-electron chi connectivity index (χ3n) is 9.96. The van der Waals surface area contributed by atoms with Crippen LogP contribution in [0.25, 0.3) is 75.5 Å². The maximum atomic E-state index is 7.87. The predicted molar refractivity (Wildman–Crippen MR) is 245 cm³/mol. The van der Waals surface area contributed by atoms with Crippen LogP contribution in [0, 0.1) is 17.7 Å². The molecule has 0 unspecified atom stereocenters. The van der Waals surface area contributed by atoms with Crippen LogP contribution in [0.4, 0.5) is 0 Å². The van der Waals surface area contributed by atoms with Gasteiger partial charge in [0.15, 0.2) is 5.84 Å². The number of thiophene rings is 1. The van der Waals surface area contributed by atoms with E-state index < -0.39 is 0 Å². The van der Waals surface area contributed by atoms with Gasteiger partial charge in [0.05, 0.1) is 0 Å². The van der Waals surface area contributed by atoms with E-state index in [2.05, 4.69) is 152 Å². The average Bonchev–Trinajstić information content (AvgIpc) is 3.86. The Balaban J connectivity index is 0.000000161. The lowest BCUT2D eigenvalue weighted by Gasteiger charge is -2.09. The topological polar surface area (TPSA) is 73.2 Å². The number of aliphatic imine (C=N–C) groups is 1. The molecule has 0 aliphatic rings. The molecule has 0 saturated carbocycles. The van der Waals surface area contributed by atoms with E-state index in [0.717, 1.165) is 38.6 Å². The van der Waals surface area contributed by atoms with E-state index in [-0.39, 0.29) is 5.84 Å². The predicted octanol–water partition coefficient (Wildman–Crippen LogP) is 14.7. The number of fused-ring (bicyclic) bond motifs is 6.